The molecule has 4 heteroatoms. The van der Waals surface area contributed by atoms with Crippen molar-refractivity contribution in [3.8, 4) is 0 Å². The fourth-order valence-corrected chi connectivity index (χ4v) is 2.23. The molecule has 1 atom stereocenters. The minimum absolute atomic E-state index is 0.00676. The first-order valence-electron chi connectivity index (χ1n) is 5.75. The molecule has 0 aliphatic carbocycles. The van der Waals surface area contributed by atoms with E-state index in [0.717, 1.165) is 5.69 Å². The van der Waals surface area contributed by atoms with Crippen LogP contribution in [0.5, 0.6) is 0 Å². The van der Waals surface area contributed by atoms with E-state index in [2.05, 4.69) is 19.2 Å². The molecule has 17 heavy (non-hydrogen) atoms. The van der Waals surface area contributed by atoms with Gasteiger partial charge in [-0.1, -0.05) is 26.0 Å². The molecule has 90 valence electrons. The lowest BCUT2D eigenvalue weighted by molar-refractivity contribution is -0.117. The van der Waals surface area contributed by atoms with Gasteiger partial charge in [0.15, 0.2) is 5.11 Å². The highest BCUT2D eigenvalue weighted by atomic mass is 32.1. The maximum absolute atomic E-state index is 11.9. The molecule has 1 aliphatic heterocycles. The van der Waals surface area contributed by atoms with E-state index in [-0.39, 0.29) is 11.9 Å². The van der Waals surface area contributed by atoms with Crippen molar-refractivity contribution in [2.24, 2.45) is 0 Å². The summed E-state index contributed by atoms with van der Waals surface area (Å²) in [7, 11) is 0. The largest absolute Gasteiger partial charge is 0.350 e. The number of nitrogens with one attached hydrogen (secondary N) is 1. The normalized spacial score (nSPS) is 20.0. The maximum Gasteiger partial charge on any atom is 0.255 e. The number of nitrogens with zero attached hydrogens (tertiary/aromatic N) is 1. The lowest BCUT2D eigenvalue weighted by Crippen LogP contribution is -2.30. The zero-order valence-electron chi connectivity index (χ0n) is 10.2. The van der Waals surface area contributed by atoms with E-state index in [4.69, 9.17) is 12.2 Å². The second kappa shape index (κ2) is 4.45. The summed E-state index contributed by atoms with van der Waals surface area (Å²) in [5.41, 5.74) is 2.09. The number of hydrogen-bond donors (Lipinski definition) is 1. The van der Waals surface area contributed by atoms with Crippen LogP contribution in [0.4, 0.5) is 5.69 Å². The standard InChI is InChI=1S/C13H16N2OS/c1-8(2)10-4-6-11(7-5-10)15-12(16)9(3)14-13(15)17/h4-9H,1-3H3,(H,14,17). The molecule has 1 amide bonds. The molecule has 0 radical (unpaired) electrons. The lowest BCUT2D eigenvalue weighted by Gasteiger charge is -2.15. The van der Waals surface area contributed by atoms with Crippen molar-refractivity contribution in [1.82, 2.24) is 5.32 Å². The quantitative estimate of drug-likeness (QED) is 0.816. The third-order valence-electron chi connectivity index (χ3n) is 2.95. The van der Waals surface area contributed by atoms with E-state index in [9.17, 15) is 4.79 Å². The Kier molecular flexibility index (Phi) is 3.15. The highest BCUT2D eigenvalue weighted by Gasteiger charge is 2.33. The van der Waals surface area contributed by atoms with E-state index in [1.807, 2.05) is 31.2 Å². The zero-order chi connectivity index (χ0) is 12.6. The monoisotopic (exact) mass is 248 g/mol. The van der Waals surface area contributed by atoms with Gasteiger partial charge in [-0.25, -0.2) is 0 Å². The molecule has 1 fully saturated rings. The molecule has 0 aromatic heterocycles. The van der Waals surface area contributed by atoms with E-state index in [0.29, 0.717) is 11.0 Å². The van der Waals surface area contributed by atoms with E-state index in [1.165, 1.54) is 5.56 Å². The van der Waals surface area contributed by atoms with Crippen molar-refractivity contribution < 1.29 is 4.79 Å². The fourth-order valence-electron chi connectivity index (χ4n) is 1.86. The highest BCUT2D eigenvalue weighted by molar-refractivity contribution is 7.80. The number of carbonyl (C=O) groups excluding carboxylic acids is 1. The molecule has 1 aromatic rings. The number of benzene rings is 1. The lowest BCUT2D eigenvalue weighted by atomic mass is 10.0. The van der Waals surface area contributed by atoms with E-state index < -0.39 is 0 Å². The second-order valence-electron chi connectivity index (χ2n) is 4.59. The Morgan fingerprint density at radius 2 is 1.88 bits per heavy atom. The number of hydrogen-bond acceptors (Lipinski definition) is 2. The summed E-state index contributed by atoms with van der Waals surface area (Å²) in [6.45, 7) is 6.10. The number of thiocarbonyl (C=S) groups is 1. The SMILES string of the molecule is CC1NC(=S)N(c2ccc(C(C)C)cc2)C1=O. The molecule has 0 bridgehead atoms. The summed E-state index contributed by atoms with van der Waals surface area (Å²) in [5, 5.41) is 3.45. The highest BCUT2D eigenvalue weighted by Crippen LogP contribution is 2.22. The third-order valence-corrected chi connectivity index (χ3v) is 3.25. The van der Waals surface area contributed by atoms with Gasteiger partial charge in [-0.05, 0) is 42.8 Å². The summed E-state index contributed by atoms with van der Waals surface area (Å²) in [6, 6.07) is 7.74. The average molecular weight is 248 g/mol. The van der Waals surface area contributed by atoms with Crippen LogP contribution < -0.4 is 10.2 Å². The third kappa shape index (κ3) is 2.17. The van der Waals surface area contributed by atoms with Crippen molar-refractivity contribution in [2.45, 2.75) is 32.7 Å². The van der Waals surface area contributed by atoms with Gasteiger partial charge in [0.1, 0.15) is 6.04 Å². The zero-order valence-corrected chi connectivity index (χ0v) is 11.0. The average Bonchev–Trinajstić information content (AvgIpc) is 2.53. The predicted octanol–water partition coefficient (Wildman–Crippen LogP) is 2.42. The summed E-state index contributed by atoms with van der Waals surface area (Å²) < 4.78 is 0. The van der Waals surface area contributed by atoms with Crippen molar-refractivity contribution in [3.05, 3.63) is 29.8 Å². The molecule has 1 aliphatic rings. The van der Waals surface area contributed by atoms with Crippen LogP contribution in [0.1, 0.15) is 32.3 Å². The van der Waals surface area contributed by atoms with Crippen molar-refractivity contribution in [1.29, 1.82) is 0 Å². The summed E-state index contributed by atoms with van der Waals surface area (Å²) in [5.74, 6) is 0.495. The van der Waals surface area contributed by atoms with Crippen LogP contribution in [0.25, 0.3) is 0 Å². The van der Waals surface area contributed by atoms with Crippen LogP contribution >= 0.6 is 12.2 Å². The Bertz CT molecular complexity index is 453. The van der Waals surface area contributed by atoms with Gasteiger partial charge in [0.2, 0.25) is 0 Å². The van der Waals surface area contributed by atoms with E-state index in [1.54, 1.807) is 4.90 Å². The first-order chi connectivity index (χ1) is 8.00. The first-order valence-corrected chi connectivity index (χ1v) is 6.16. The van der Waals surface area contributed by atoms with Gasteiger partial charge in [-0.3, -0.25) is 9.69 Å². The van der Waals surface area contributed by atoms with Gasteiger partial charge in [-0.15, -0.1) is 0 Å². The van der Waals surface area contributed by atoms with Crippen LogP contribution in [0.2, 0.25) is 0 Å². The Morgan fingerprint density at radius 3 is 2.29 bits per heavy atom. The molecule has 1 heterocycles. The van der Waals surface area contributed by atoms with Gasteiger partial charge < -0.3 is 5.32 Å². The minimum Gasteiger partial charge on any atom is -0.350 e. The van der Waals surface area contributed by atoms with Crippen LogP contribution in [0.15, 0.2) is 24.3 Å². The molecule has 1 saturated heterocycles. The van der Waals surface area contributed by atoms with Crippen LogP contribution in [0.3, 0.4) is 0 Å². The van der Waals surface area contributed by atoms with Gasteiger partial charge in [0.05, 0.1) is 5.69 Å². The minimum atomic E-state index is -0.229. The Labute approximate surface area is 107 Å². The molecular formula is C13H16N2OS. The number of anilines is 1. The molecule has 1 aromatic carbocycles. The number of amides is 1. The van der Waals surface area contributed by atoms with Gasteiger partial charge in [0.25, 0.3) is 5.91 Å². The maximum atomic E-state index is 11.9. The Hall–Kier alpha value is -1.42. The summed E-state index contributed by atoms with van der Waals surface area (Å²) in [4.78, 5) is 13.5. The molecule has 2 rings (SSSR count). The van der Waals surface area contributed by atoms with Crippen molar-refractivity contribution >= 4 is 28.9 Å². The van der Waals surface area contributed by atoms with Crippen LogP contribution in [-0.4, -0.2) is 17.1 Å². The molecule has 3 nitrogen and oxygen atoms in total. The smallest absolute Gasteiger partial charge is 0.255 e. The second-order valence-corrected chi connectivity index (χ2v) is 4.98. The van der Waals surface area contributed by atoms with E-state index >= 15 is 0 Å². The first kappa shape index (κ1) is 12.0. The predicted molar refractivity (Wildman–Crippen MR) is 73.2 cm³/mol. The van der Waals surface area contributed by atoms with Crippen LogP contribution in [0, 0.1) is 0 Å². The summed E-state index contributed by atoms with van der Waals surface area (Å²) >= 11 is 5.16. The fraction of sp³-hybridized carbons (Fsp3) is 0.385. The summed E-state index contributed by atoms with van der Waals surface area (Å²) in [6.07, 6.45) is 0. The molecule has 1 unspecified atom stereocenters. The molecule has 0 spiro atoms. The molecular weight excluding hydrogens is 232 g/mol. The van der Waals surface area contributed by atoms with Gasteiger partial charge in [-0.2, -0.15) is 0 Å². The number of carbonyl (C=O) groups is 1. The molecule has 1 N–H and O–H groups in total. The molecule has 0 saturated carbocycles. The van der Waals surface area contributed by atoms with Gasteiger partial charge >= 0.3 is 0 Å². The van der Waals surface area contributed by atoms with Crippen LogP contribution in [-0.2, 0) is 4.79 Å². The van der Waals surface area contributed by atoms with Crippen molar-refractivity contribution in [3.63, 3.8) is 0 Å². The van der Waals surface area contributed by atoms with Gasteiger partial charge in [0, 0.05) is 0 Å². The number of rotatable bonds is 2. The Morgan fingerprint density at radius 1 is 1.29 bits per heavy atom. The Balaban J connectivity index is 2.29. The topological polar surface area (TPSA) is 32.3 Å². The van der Waals surface area contributed by atoms with Crippen molar-refractivity contribution in [2.75, 3.05) is 4.90 Å².